The third kappa shape index (κ3) is 4.50. The molecule has 0 unspecified atom stereocenters. The van der Waals surface area contributed by atoms with Gasteiger partial charge in [-0.25, -0.2) is 4.98 Å². The Morgan fingerprint density at radius 3 is 2.53 bits per heavy atom. The quantitative estimate of drug-likeness (QED) is 0.611. The van der Waals surface area contributed by atoms with Gasteiger partial charge in [-0.05, 0) is 62.1 Å². The van der Waals surface area contributed by atoms with E-state index >= 15 is 0 Å². The Kier molecular flexibility index (Phi) is 6.06. The van der Waals surface area contributed by atoms with E-state index in [4.69, 9.17) is 10.5 Å². The largest absolute Gasteiger partial charge is 0.438 e. The van der Waals surface area contributed by atoms with Crippen LogP contribution in [0.25, 0.3) is 11.1 Å². The smallest absolute Gasteiger partial charge is 0.222 e. The molecule has 1 aromatic heterocycles. The summed E-state index contributed by atoms with van der Waals surface area (Å²) >= 11 is 0. The zero-order valence-electron chi connectivity index (χ0n) is 17.3. The Morgan fingerprint density at radius 2 is 1.83 bits per heavy atom. The summed E-state index contributed by atoms with van der Waals surface area (Å²) in [6.07, 6.45) is 5.68. The van der Waals surface area contributed by atoms with Crippen molar-refractivity contribution in [2.45, 2.75) is 44.9 Å². The topological polar surface area (TPSA) is 84.8 Å². The fraction of sp³-hybridized carbons (Fsp3) is 0.320. The molecule has 0 radical (unpaired) electrons. The van der Waals surface area contributed by atoms with E-state index in [0.717, 1.165) is 23.2 Å². The molecule has 1 aliphatic rings. The van der Waals surface area contributed by atoms with Gasteiger partial charge in [-0.2, -0.15) is 10.2 Å². The molecular weight excluding hydrogens is 372 g/mol. The highest BCUT2D eigenvalue weighted by Gasteiger charge is 2.20. The molecule has 1 fully saturated rings. The lowest BCUT2D eigenvalue weighted by Crippen LogP contribution is -2.03. The summed E-state index contributed by atoms with van der Waals surface area (Å²) in [6.45, 7) is 2.52. The van der Waals surface area contributed by atoms with Crippen LogP contribution in [0.1, 0.15) is 54.2 Å². The van der Waals surface area contributed by atoms with Gasteiger partial charge in [0, 0.05) is 17.5 Å². The van der Waals surface area contributed by atoms with Crippen molar-refractivity contribution in [2.24, 2.45) is 5.73 Å². The maximum absolute atomic E-state index is 9.37. The maximum Gasteiger partial charge on any atom is 0.222 e. The zero-order valence-corrected chi connectivity index (χ0v) is 17.3. The van der Waals surface area contributed by atoms with Crippen molar-refractivity contribution in [1.29, 1.82) is 5.26 Å². The molecule has 0 saturated heterocycles. The number of nitriles is 1. The van der Waals surface area contributed by atoms with Crippen LogP contribution in [0, 0.1) is 18.3 Å². The fourth-order valence-corrected chi connectivity index (χ4v) is 4.09. The molecule has 0 aliphatic heterocycles. The molecule has 3 aromatic rings. The van der Waals surface area contributed by atoms with Crippen LogP contribution in [0.4, 0.5) is 0 Å². The van der Waals surface area contributed by atoms with Crippen LogP contribution in [0.5, 0.6) is 11.6 Å². The Labute approximate surface area is 177 Å². The normalized spacial score (nSPS) is 13.9. The molecule has 1 aliphatic carbocycles. The highest BCUT2D eigenvalue weighted by molar-refractivity contribution is 5.72. The summed E-state index contributed by atoms with van der Waals surface area (Å²) in [5, 5.41) is 9.37. The zero-order chi connectivity index (χ0) is 20.9. The lowest BCUT2D eigenvalue weighted by atomic mass is 10.0. The number of benzene rings is 2. The molecule has 30 heavy (non-hydrogen) atoms. The standard InChI is InChI=1S/C25H26N4O/c1-17-28-23(21-4-2-3-5-21)15-25(29-17)30-24-14-19(16-27)8-11-22(24)20-9-6-18(7-10-20)12-13-26/h6-11,14-15,21H,2-5,12-13,26H2,1H3. The van der Waals surface area contributed by atoms with E-state index in [2.05, 4.69) is 40.3 Å². The number of aromatic nitrogens is 2. The Hall–Kier alpha value is -3.23. The number of hydrogen-bond donors (Lipinski definition) is 1. The van der Waals surface area contributed by atoms with Gasteiger partial charge in [0.2, 0.25) is 5.88 Å². The van der Waals surface area contributed by atoms with Crippen LogP contribution in [0.3, 0.4) is 0 Å². The van der Waals surface area contributed by atoms with Gasteiger partial charge >= 0.3 is 0 Å². The highest BCUT2D eigenvalue weighted by atomic mass is 16.5. The summed E-state index contributed by atoms with van der Waals surface area (Å²) in [7, 11) is 0. The summed E-state index contributed by atoms with van der Waals surface area (Å²) < 4.78 is 6.24. The van der Waals surface area contributed by atoms with E-state index in [1.165, 1.54) is 31.2 Å². The molecule has 2 aromatic carbocycles. The molecule has 152 valence electrons. The first-order valence-electron chi connectivity index (χ1n) is 10.5. The van der Waals surface area contributed by atoms with Crippen LogP contribution in [0.2, 0.25) is 0 Å². The van der Waals surface area contributed by atoms with Crippen LogP contribution >= 0.6 is 0 Å². The van der Waals surface area contributed by atoms with Crippen molar-refractivity contribution in [3.8, 4) is 28.8 Å². The molecule has 0 amide bonds. The van der Waals surface area contributed by atoms with Gasteiger partial charge < -0.3 is 10.5 Å². The average molecular weight is 399 g/mol. The lowest BCUT2D eigenvalue weighted by Gasteiger charge is -2.14. The average Bonchev–Trinajstić information content (AvgIpc) is 3.29. The fourth-order valence-electron chi connectivity index (χ4n) is 4.09. The van der Waals surface area contributed by atoms with Gasteiger partial charge in [-0.15, -0.1) is 0 Å². The Bertz CT molecular complexity index is 1060. The predicted molar refractivity (Wildman–Crippen MR) is 117 cm³/mol. The van der Waals surface area contributed by atoms with Crippen molar-refractivity contribution < 1.29 is 4.74 Å². The van der Waals surface area contributed by atoms with E-state index < -0.39 is 0 Å². The van der Waals surface area contributed by atoms with Crippen LogP contribution in [-0.4, -0.2) is 16.5 Å². The van der Waals surface area contributed by atoms with Gasteiger partial charge in [0.05, 0.1) is 17.3 Å². The minimum atomic E-state index is 0.481. The minimum absolute atomic E-state index is 0.481. The number of nitrogens with zero attached hydrogens (tertiary/aromatic N) is 3. The van der Waals surface area contributed by atoms with Crippen molar-refractivity contribution in [3.63, 3.8) is 0 Å². The number of aryl methyl sites for hydroxylation is 1. The summed E-state index contributed by atoms with van der Waals surface area (Å²) in [4.78, 5) is 9.14. The maximum atomic E-state index is 9.37. The van der Waals surface area contributed by atoms with Gasteiger partial charge in [0.25, 0.3) is 0 Å². The molecular formula is C25H26N4O. The summed E-state index contributed by atoms with van der Waals surface area (Å²) in [5.41, 5.74) is 10.4. The second-order valence-electron chi connectivity index (χ2n) is 7.82. The minimum Gasteiger partial charge on any atom is -0.438 e. The molecule has 5 heteroatoms. The van der Waals surface area contributed by atoms with Crippen molar-refractivity contribution >= 4 is 0 Å². The van der Waals surface area contributed by atoms with Crippen molar-refractivity contribution in [2.75, 3.05) is 6.54 Å². The molecule has 2 N–H and O–H groups in total. The first-order chi connectivity index (χ1) is 14.7. The molecule has 5 nitrogen and oxygen atoms in total. The van der Waals surface area contributed by atoms with E-state index in [1.54, 1.807) is 6.07 Å². The number of hydrogen-bond acceptors (Lipinski definition) is 5. The van der Waals surface area contributed by atoms with E-state index in [0.29, 0.717) is 35.5 Å². The first-order valence-corrected chi connectivity index (χ1v) is 10.5. The third-order valence-corrected chi connectivity index (χ3v) is 5.63. The summed E-state index contributed by atoms with van der Waals surface area (Å²) in [6, 6.07) is 18.0. The Morgan fingerprint density at radius 1 is 1.07 bits per heavy atom. The van der Waals surface area contributed by atoms with Crippen LogP contribution in [0.15, 0.2) is 48.5 Å². The SMILES string of the molecule is Cc1nc(Oc2cc(C#N)ccc2-c2ccc(CCN)cc2)cc(C2CCCC2)n1. The summed E-state index contributed by atoms with van der Waals surface area (Å²) in [5.74, 6) is 2.34. The van der Waals surface area contributed by atoms with Crippen molar-refractivity contribution in [3.05, 3.63) is 71.2 Å². The molecule has 0 bridgehead atoms. The van der Waals surface area contributed by atoms with E-state index in [-0.39, 0.29) is 0 Å². The van der Waals surface area contributed by atoms with E-state index in [1.807, 2.05) is 25.1 Å². The number of nitrogens with two attached hydrogens (primary N) is 1. The molecule has 1 saturated carbocycles. The predicted octanol–water partition coefficient (Wildman–Crippen LogP) is 5.27. The van der Waals surface area contributed by atoms with Gasteiger partial charge in [-0.1, -0.05) is 37.1 Å². The lowest BCUT2D eigenvalue weighted by molar-refractivity contribution is 0.458. The van der Waals surface area contributed by atoms with Gasteiger partial charge in [0.1, 0.15) is 11.6 Å². The first kappa shape index (κ1) is 20.1. The molecule has 0 atom stereocenters. The second-order valence-corrected chi connectivity index (χ2v) is 7.82. The Balaban J connectivity index is 1.69. The molecule has 4 rings (SSSR count). The third-order valence-electron chi connectivity index (χ3n) is 5.63. The monoisotopic (exact) mass is 398 g/mol. The van der Waals surface area contributed by atoms with Crippen LogP contribution in [-0.2, 0) is 6.42 Å². The number of ether oxygens (including phenoxy) is 1. The molecule has 1 heterocycles. The van der Waals surface area contributed by atoms with Crippen molar-refractivity contribution in [1.82, 2.24) is 9.97 Å². The number of rotatable bonds is 6. The second kappa shape index (κ2) is 9.06. The van der Waals surface area contributed by atoms with Gasteiger partial charge in [-0.3, -0.25) is 0 Å². The van der Waals surface area contributed by atoms with Gasteiger partial charge in [0.15, 0.2) is 0 Å². The van der Waals surface area contributed by atoms with Crippen LogP contribution < -0.4 is 10.5 Å². The molecule has 0 spiro atoms. The van der Waals surface area contributed by atoms with E-state index in [9.17, 15) is 5.26 Å². The highest BCUT2D eigenvalue weighted by Crippen LogP contribution is 2.37.